The van der Waals surface area contributed by atoms with Crippen LogP contribution in [0.25, 0.3) is 5.69 Å². The molecule has 0 aliphatic carbocycles. The molecule has 0 unspecified atom stereocenters. The molecular formula is C23H23N7O2. The van der Waals surface area contributed by atoms with Crippen molar-refractivity contribution in [3.63, 3.8) is 0 Å². The zero-order valence-corrected chi connectivity index (χ0v) is 17.7. The van der Waals surface area contributed by atoms with Crippen molar-refractivity contribution >= 4 is 17.7 Å². The van der Waals surface area contributed by atoms with Gasteiger partial charge in [0.1, 0.15) is 0 Å². The van der Waals surface area contributed by atoms with E-state index in [1.165, 1.54) is 10.5 Å². The van der Waals surface area contributed by atoms with Gasteiger partial charge in [-0.3, -0.25) is 4.90 Å². The van der Waals surface area contributed by atoms with Crippen LogP contribution in [0, 0.1) is 0 Å². The fraction of sp³-hybridized carbons (Fsp3) is 0.217. The van der Waals surface area contributed by atoms with Crippen LogP contribution in [0.15, 0.2) is 65.4 Å². The number of rotatable bonds is 5. The lowest BCUT2D eigenvalue weighted by molar-refractivity contribution is 0.255. The number of aromatic nitrogens is 4. The third-order valence-corrected chi connectivity index (χ3v) is 5.72. The zero-order chi connectivity index (χ0) is 22.1. The van der Waals surface area contributed by atoms with Gasteiger partial charge >= 0.3 is 6.03 Å². The largest absolute Gasteiger partial charge is 0.351 e. The lowest BCUT2D eigenvalue weighted by atomic mass is 9.99. The summed E-state index contributed by atoms with van der Waals surface area (Å²) in [5.41, 5.74) is 10.6. The summed E-state index contributed by atoms with van der Waals surface area (Å²) in [5.74, 6) is 1.15. The summed E-state index contributed by atoms with van der Waals surface area (Å²) in [6, 6.07) is 15.5. The van der Waals surface area contributed by atoms with E-state index in [0.717, 1.165) is 35.5 Å². The second kappa shape index (κ2) is 8.18. The molecule has 0 saturated carbocycles. The van der Waals surface area contributed by atoms with Crippen molar-refractivity contribution in [3.8, 4) is 5.69 Å². The van der Waals surface area contributed by atoms with Crippen LogP contribution >= 0.6 is 0 Å². The first-order chi connectivity index (χ1) is 15.6. The lowest BCUT2D eigenvalue weighted by Gasteiger charge is -2.28. The molecule has 32 heavy (non-hydrogen) atoms. The Morgan fingerprint density at radius 1 is 1.19 bits per heavy atom. The Bertz CT molecular complexity index is 1230. The summed E-state index contributed by atoms with van der Waals surface area (Å²) in [6.07, 6.45) is 5.09. The highest BCUT2D eigenvalue weighted by atomic mass is 16.5. The number of carbonyl (C=O) groups excluding carboxylic acids is 1. The molecule has 0 fully saturated rings. The molecule has 2 aromatic heterocycles. The van der Waals surface area contributed by atoms with Crippen LogP contribution in [0.1, 0.15) is 22.6 Å². The molecule has 162 valence electrons. The Morgan fingerprint density at radius 3 is 2.78 bits per heavy atom. The van der Waals surface area contributed by atoms with Crippen LogP contribution in [0.4, 0.5) is 16.4 Å². The highest BCUT2D eigenvalue weighted by molar-refractivity contribution is 5.90. The van der Waals surface area contributed by atoms with Gasteiger partial charge in [0.05, 0.1) is 12.1 Å². The second-order valence-corrected chi connectivity index (χ2v) is 7.80. The number of fused-ring (bicyclic) bond motifs is 1. The van der Waals surface area contributed by atoms with E-state index < -0.39 is 6.03 Å². The van der Waals surface area contributed by atoms with Crippen molar-refractivity contribution in [1.29, 1.82) is 0 Å². The third kappa shape index (κ3) is 3.92. The van der Waals surface area contributed by atoms with Crippen LogP contribution in [0.3, 0.4) is 0 Å². The van der Waals surface area contributed by atoms with E-state index in [0.29, 0.717) is 24.8 Å². The van der Waals surface area contributed by atoms with Crippen LogP contribution in [0.5, 0.6) is 0 Å². The molecule has 2 aromatic carbocycles. The van der Waals surface area contributed by atoms with E-state index in [9.17, 15) is 4.79 Å². The van der Waals surface area contributed by atoms with Gasteiger partial charge in [0.15, 0.2) is 0 Å². The highest BCUT2D eigenvalue weighted by Crippen LogP contribution is 2.26. The molecular weight excluding hydrogens is 406 g/mol. The first kappa shape index (κ1) is 19.8. The summed E-state index contributed by atoms with van der Waals surface area (Å²) < 4.78 is 7.33. The van der Waals surface area contributed by atoms with E-state index in [1.54, 1.807) is 13.2 Å². The second-order valence-electron chi connectivity index (χ2n) is 7.80. The minimum atomic E-state index is -0.488. The van der Waals surface area contributed by atoms with E-state index in [2.05, 4.69) is 26.2 Å². The summed E-state index contributed by atoms with van der Waals surface area (Å²) in [5, 5.41) is 8.43. The van der Waals surface area contributed by atoms with Gasteiger partial charge < -0.3 is 15.2 Å². The summed E-state index contributed by atoms with van der Waals surface area (Å²) in [4.78, 5) is 19.6. The summed E-state index contributed by atoms with van der Waals surface area (Å²) >= 11 is 0. The molecule has 3 heterocycles. The molecule has 9 heteroatoms. The van der Waals surface area contributed by atoms with Gasteiger partial charge in [0.25, 0.3) is 5.95 Å². The Labute approximate surface area is 185 Å². The number of amides is 2. The maximum atomic E-state index is 11.5. The van der Waals surface area contributed by atoms with Crippen molar-refractivity contribution in [2.24, 2.45) is 5.73 Å². The number of nitrogens with zero attached hydrogens (tertiary/aromatic N) is 6. The third-order valence-electron chi connectivity index (χ3n) is 5.72. The van der Waals surface area contributed by atoms with Crippen molar-refractivity contribution in [1.82, 2.24) is 19.9 Å². The van der Waals surface area contributed by atoms with Crippen LogP contribution in [-0.4, -0.2) is 39.5 Å². The first-order valence-electron chi connectivity index (χ1n) is 10.4. The molecule has 2 amide bonds. The average molecular weight is 429 g/mol. The standard InChI is InChI=1S/C23H23N7O2/c1-28(22(24)31)20-8-5-17-9-12-29(15-18(17)14-20)23-26-21(32-27-23)13-16-3-6-19(7-4-16)30-11-2-10-25-30/h2-8,10-11,14H,9,12-13,15H2,1H3,(H2,24,31). The van der Waals surface area contributed by atoms with Crippen LogP contribution < -0.4 is 15.5 Å². The molecule has 9 nitrogen and oxygen atoms in total. The average Bonchev–Trinajstić information content (AvgIpc) is 3.51. The van der Waals surface area contributed by atoms with Crippen molar-refractivity contribution in [2.45, 2.75) is 19.4 Å². The number of benzene rings is 2. The maximum absolute atomic E-state index is 11.5. The fourth-order valence-electron chi connectivity index (χ4n) is 3.86. The monoisotopic (exact) mass is 429 g/mol. The van der Waals surface area contributed by atoms with Crippen LogP contribution in [-0.2, 0) is 19.4 Å². The summed E-state index contributed by atoms with van der Waals surface area (Å²) in [6.45, 7) is 1.45. The van der Waals surface area contributed by atoms with Crippen molar-refractivity contribution in [3.05, 3.63) is 83.5 Å². The van der Waals surface area contributed by atoms with E-state index in [1.807, 2.05) is 53.3 Å². The van der Waals surface area contributed by atoms with Gasteiger partial charge in [0, 0.05) is 38.2 Å². The topological polar surface area (TPSA) is 106 Å². The van der Waals surface area contributed by atoms with Gasteiger partial charge in [-0.25, -0.2) is 9.48 Å². The van der Waals surface area contributed by atoms with Gasteiger partial charge in [-0.2, -0.15) is 10.1 Å². The Hall–Kier alpha value is -4.14. The van der Waals surface area contributed by atoms with E-state index in [-0.39, 0.29) is 0 Å². The number of carbonyl (C=O) groups is 1. The van der Waals surface area contributed by atoms with Gasteiger partial charge in [0.2, 0.25) is 5.89 Å². The molecule has 1 aliphatic heterocycles. The number of nitrogens with two attached hydrogens (primary N) is 1. The molecule has 5 rings (SSSR count). The normalized spacial score (nSPS) is 13.1. The molecule has 0 radical (unpaired) electrons. The van der Waals surface area contributed by atoms with Gasteiger partial charge in [-0.1, -0.05) is 18.2 Å². The predicted molar refractivity (Wildman–Crippen MR) is 120 cm³/mol. The Balaban J connectivity index is 1.28. The molecule has 0 bridgehead atoms. The smallest absolute Gasteiger partial charge is 0.318 e. The van der Waals surface area contributed by atoms with Crippen molar-refractivity contribution < 1.29 is 9.32 Å². The van der Waals surface area contributed by atoms with Gasteiger partial charge in [-0.15, -0.1) is 0 Å². The number of hydrogen-bond acceptors (Lipinski definition) is 6. The predicted octanol–water partition coefficient (Wildman–Crippen LogP) is 2.92. The Kier molecular flexibility index (Phi) is 5.06. The first-order valence-corrected chi connectivity index (χ1v) is 10.4. The lowest BCUT2D eigenvalue weighted by Crippen LogP contribution is -2.33. The van der Waals surface area contributed by atoms with Crippen molar-refractivity contribution in [2.75, 3.05) is 23.4 Å². The zero-order valence-electron chi connectivity index (χ0n) is 17.7. The maximum Gasteiger partial charge on any atom is 0.318 e. The Morgan fingerprint density at radius 2 is 2.03 bits per heavy atom. The van der Waals surface area contributed by atoms with Crippen LogP contribution in [0.2, 0.25) is 0 Å². The van der Waals surface area contributed by atoms with E-state index in [4.69, 9.17) is 10.3 Å². The minimum Gasteiger partial charge on any atom is -0.351 e. The molecule has 0 atom stereocenters. The molecule has 2 N–H and O–H groups in total. The fourth-order valence-corrected chi connectivity index (χ4v) is 3.86. The number of primary amides is 1. The molecule has 0 saturated heterocycles. The molecule has 0 spiro atoms. The minimum absolute atomic E-state index is 0.488. The summed E-state index contributed by atoms with van der Waals surface area (Å²) in [7, 11) is 1.66. The number of urea groups is 1. The molecule has 4 aromatic rings. The van der Waals surface area contributed by atoms with Gasteiger partial charge in [-0.05, 0) is 58.6 Å². The quantitative estimate of drug-likeness (QED) is 0.523. The molecule has 1 aliphatic rings. The SMILES string of the molecule is CN(C(N)=O)c1ccc2c(c1)CN(c1noc(Cc3ccc(-n4cccn4)cc3)n1)CC2. The highest BCUT2D eigenvalue weighted by Gasteiger charge is 2.22. The van der Waals surface area contributed by atoms with E-state index >= 15 is 0 Å². The number of hydrogen-bond donors (Lipinski definition) is 1. The number of anilines is 2.